The molecule has 0 atom stereocenters. The highest BCUT2D eigenvalue weighted by Crippen LogP contribution is 2.22. The van der Waals surface area contributed by atoms with E-state index in [1.165, 1.54) is 0 Å². The summed E-state index contributed by atoms with van der Waals surface area (Å²) in [6, 6.07) is 1.99. The summed E-state index contributed by atoms with van der Waals surface area (Å²) in [7, 11) is 0. The van der Waals surface area contributed by atoms with Crippen LogP contribution in [0.25, 0.3) is 0 Å². The first-order valence-corrected chi connectivity index (χ1v) is 4.49. The molecule has 3 nitrogen and oxygen atoms in total. The first kappa shape index (κ1) is 7.73. The quantitative estimate of drug-likeness (QED) is 0.733. The fraction of sp³-hybridized carbons (Fsp3) is 0.250. The van der Waals surface area contributed by atoms with E-state index in [1.54, 1.807) is 6.20 Å². The molecule has 0 fully saturated rings. The molecule has 2 rings (SSSR count). The number of nitrogens with one attached hydrogen (secondary N) is 1. The third kappa shape index (κ3) is 1.34. The van der Waals surface area contributed by atoms with Crippen LogP contribution in [0, 0.1) is 0 Å². The van der Waals surface area contributed by atoms with E-state index in [0.29, 0.717) is 12.2 Å². The Kier molecular flexibility index (Phi) is 1.84. The molecule has 0 unspecified atom stereocenters. The summed E-state index contributed by atoms with van der Waals surface area (Å²) in [6.07, 6.45) is 3.03. The Bertz CT molecular complexity index is 338. The van der Waals surface area contributed by atoms with Crippen molar-refractivity contribution in [2.45, 2.75) is 12.8 Å². The van der Waals surface area contributed by atoms with Crippen LogP contribution in [0.1, 0.15) is 12.0 Å². The lowest BCUT2D eigenvalue weighted by Crippen LogP contribution is -2.19. The zero-order valence-electron chi connectivity index (χ0n) is 6.30. The standard InChI is InChI=1S/C8H7BrN2O/c9-6-3-5-1-2-7(12)11-8(5)10-4-6/h3-4H,1-2H2,(H,10,11,12). The number of carbonyl (C=O) groups excluding carboxylic acids is 1. The van der Waals surface area contributed by atoms with Crippen LogP contribution in [0.5, 0.6) is 0 Å². The van der Waals surface area contributed by atoms with Gasteiger partial charge in [-0.25, -0.2) is 4.98 Å². The Morgan fingerprint density at radius 2 is 2.33 bits per heavy atom. The van der Waals surface area contributed by atoms with Gasteiger partial charge in [-0.1, -0.05) is 0 Å². The summed E-state index contributed by atoms with van der Waals surface area (Å²) in [4.78, 5) is 15.0. The van der Waals surface area contributed by atoms with Gasteiger partial charge in [-0.05, 0) is 34.0 Å². The highest BCUT2D eigenvalue weighted by Gasteiger charge is 2.15. The normalized spacial score (nSPS) is 15.2. The molecule has 1 N–H and O–H groups in total. The number of amides is 1. The van der Waals surface area contributed by atoms with Crippen molar-refractivity contribution in [3.8, 4) is 0 Å². The first-order valence-electron chi connectivity index (χ1n) is 3.70. The minimum Gasteiger partial charge on any atom is -0.310 e. The van der Waals surface area contributed by atoms with Gasteiger partial charge in [0.15, 0.2) is 0 Å². The van der Waals surface area contributed by atoms with Gasteiger partial charge in [0, 0.05) is 17.1 Å². The smallest absolute Gasteiger partial charge is 0.225 e. The van der Waals surface area contributed by atoms with Crippen LogP contribution >= 0.6 is 15.9 Å². The Labute approximate surface area is 78.3 Å². The van der Waals surface area contributed by atoms with Crippen molar-refractivity contribution >= 4 is 27.7 Å². The fourth-order valence-electron chi connectivity index (χ4n) is 1.23. The number of aryl methyl sites for hydroxylation is 1. The van der Waals surface area contributed by atoms with Crippen LogP contribution in [-0.4, -0.2) is 10.9 Å². The molecule has 0 saturated heterocycles. The minimum atomic E-state index is 0.0531. The lowest BCUT2D eigenvalue weighted by atomic mass is 10.1. The van der Waals surface area contributed by atoms with Gasteiger partial charge in [-0.3, -0.25) is 4.79 Å². The van der Waals surface area contributed by atoms with Crippen LogP contribution in [0.2, 0.25) is 0 Å². The second kappa shape index (κ2) is 2.86. The topological polar surface area (TPSA) is 42.0 Å². The van der Waals surface area contributed by atoms with Gasteiger partial charge in [-0.15, -0.1) is 0 Å². The van der Waals surface area contributed by atoms with Crippen LogP contribution in [0.15, 0.2) is 16.7 Å². The SMILES string of the molecule is O=C1CCc2cc(Br)cnc2N1. The summed E-state index contributed by atoms with van der Waals surface area (Å²) in [6.45, 7) is 0. The molecule has 1 aliphatic heterocycles. The number of anilines is 1. The Morgan fingerprint density at radius 3 is 3.17 bits per heavy atom. The molecule has 4 heteroatoms. The molecule has 0 aliphatic carbocycles. The molecule has 1 aromatic rings. The predicted molar refractivity (Wildman–Crippen MR) is 48.9 cm³/mol. The lowest BCUT2D eigenvalue weighted by molar-refractivity contribution is -0.116. The van der Waals surface area contributed by atoms with Crippen molar-refractivity contribution in [1.82, 2.24) is 4.98 Å². The molecular weight excluding hydrogens is 220 g/mol. The number of hydrogen-bond donors (Lipinski definition) is 1. The molecule has 1 amide bonds. The third-order valence-electron chi connectivity index (χ3n) is 1.81. The first-order chi connectivity index (χ1) is 5.75. The highest BCUT2D eigenvalue weighted by atomic mass is 79.9. The third-order valence-corrected chi connectivity index (χ3v) is 2.25. The number of rotatable bonds is 0. The number of hydrogen-bond acceptors (Lipinski definition) is 2. The van der Waals surface area contributed by atoms with Gasteiger partial charge in [0.2, 0.25) is 5.91 Å². The van der Waals surface area contributed by atoms with Crippen molar-refractivity contribution in [2.75, 3.05) is 5.32 Å². The maximum Gasteiger partial charge on any atom is 0.225 e. The second-order valence-electron chi connectivity index (χ2n) is 2.71. The van der Waals surface area contributed by atoms with Crippen molar-refractivity contribution < 1.29 is 4.79 Å². The van der Waals surface area contributed by atoms with Gasteiger partial charge in [-0.2, -0.15) is 0 Å². The molecule has 0 saturated carbocycles. The van der Waals surface area contributed by atoms with Gasteiger partial charge in [0.1, 0.15) is 5.82 Å². The molecular formula is C8H7BrN2O. The molecule has 62 valence electrons. The largest absolute Gasteiger partial charge is 0.310 e. The lowest BCUT2D eigenvalue weighted by Gasteiger charge is -2.14. The number of carbonyl (C=O) groups is 1. The molecule has 1 aromatic heterocycles. The number of aromatic nitrogens is 1. The summed E-state index contributed by atoms with van der Waals surface area (Å²) in [5, 5.41) is 2.72. The fourth-order valence-corrected chi connectivity index (χ4v) is 1.61. The zero-order valence-corrected chi connectivity index (χ0v) is 7.89. The Morgan fingerprint density at radius 1 is 1.50 bits per heavy atom. The van der Waals surface area contributed by atoms with E-state index in [2.05, 4.69) is 26.2 Å². The van der Waals surface area contributed by atoms with Gasteiger partial charge in [0.05, 0.1) is 0 Å². The van der Waals surface area contributed by atoms with Gasteiger partial charge >= 0.3 is 0 Å². The molecule has 1 aliphatic rings. The van der Waals surface area contributed by atoms with Crippen LogP contribution in [0.3, 0.4) is 0 Å². The summed E-state index contributed by atoms with van der Waals surface area (Å²) in [5.41, 5.74) is 1.10. The van der Waals surface area contributed by atoms with E-state index < -0.39 is 0 Å². The second-order valence-corrected chi connectivity index (χ2v) is 3.63. The maximum absolute atomic E-state index is 10.9. The van der Waals surface area contributed by atoms with Crippen molar-refractivity contribution in [3.05, 3.63) is 22.3 Å². The molecule has 12 heavy (non-hydrogen) atoms. The van der Waals surface area contributed by atoms with E-state index >= 15 is 0 Å². The highest BCUT2D eigenvalue weighted by molar-refractivity contribution is 9.10. The average molecular weight is 227 g/mol. The van der Waals surface area contributed by atoms with Gasteiger partial charge in [0.25, 0.3) is 0 Å². The summed E-state index contributed by atoms with van der Waals surface area (Å²) < 4.78 is 0.956. The van der Waals surface area contributed by atoms with E-state index in [9.17, 15) is 4.79 Å². The van der Waals surface area contributed by atoms with Crippen molar-refractivity contribution in [2.24, 2.45) is 0 Å². The molecule has 0 aromatic carbocycles. The average Bonchev–Trinajstić information content (AvgIpc) is 2.05. The van der Waals surface area contributed by atoms with E-state index in [1.807, 2.05) is 6.07 Å². The van der Waals surface area contributed by atoms with Crippen LogP contribution < -0.4 is 5.32 Å². The Hall–Kier alpha value is -0.900. The predicted octanol–water partition coefficient (Wildman–Crippen LogP) is 1.73. The minimum absolute atomic E-state index is 0.0531. The number of pyridine rings is 1. The monoisotopic (exact) mass is 226 g/mol. The molecule has 0 bridgehead atoms. The van der Waals surface area contributed by atoms with E-state index in [4.69, 9.17) is 0 Å². The number of halogens is 1. The Balaban J connectivity index is 2.43. The molecule has 2 heterocycles. The van der Waals surface area contributed by atoms with Crippen molar-refractivity contribution in [1.29, 1.82) is 0 Å². The summed E-state index contributed by atoms with van der Waals surface area (Å²) >= 11 is 3.33. The van der Waals surface area contributed by atoms with E-state index in [-0.39, 0.29) is 5.91 Å². The number of nitrogens with zero attached hydrogens (tertiary/aromatic N) is 1. The number of fused-ring (bicyclic) bond motifs is 1. The maximum atomic E-state index is 10.9. The van der Waals surface area contributed by atoms with Crippen molar-refractivity contribution in [3.63, 3.8) is 0 Å². The molecule has 0 radical (unpaired) electrons. The zero-order chi connectivity index (χ0) is 8.55. The van der Waals surface area contributed by atoms with Crippen LogP contribution in [0.4, 0.5) is 5.82 Å². The van der Waals surface area contributed by atoms with Crippen LogP contribution in [-0.2, 0) is 11.2 Å². The van der Waals surface area contributed by atoms with Gasteiger partial charge < -0.3 is 5.32 Å². The summed E-state index contributed by atoms with van der Waals surface area (Å²) in [5.74, 6) is 0.756. The van der Waals surface area contributed by atoms with E-state index in [0.717, 1.165) is 16.5 Å². The molecule has 0 spiro atoms.